The van der Waals surface area contributed by atoms with Crippen LogP contribution in [0.1, 0.15) is 23.9 Å². The molecule has 1 saturated heterocycles. The highest BCUT2D eigenvalue weighted by Crippen LogP contribution is 2.24. The van der Waals surface area contributed by atoms with Crippen LogP contribution in [0.5, 0.6) is 0 Å². The van der Waals surface area contributed by atoms with Crippen molar-refractivity contribution in [2.24, 2.45) is 5.10 Å². The van der Waals surface area contributed by atoms with E-state index >= 15 is 0 Å². The Balaban J connectivity index is 1.88. The lowest BCUT2D eigenvalue weighted by molar-refractivity contribution is 0.0730. The summed E-state index contributed by atoms with van der Waals surface area (Å²) in [6, 6.07) is 8.78. The fraction of sp³-hybridized carbons (Fsp3) is 0.400. The summed E-state index contributed by atoms with van der Waals surface area (Å²) in [6.07, 6.45) is 0.910. The summed E-state index contributed by atoms with van der Waals surface area (Å²) < 4.78 is 39.4. The van der Waals surface area contributed by atoms with Crippen LogP contribution in [-0.2, 0) is 19.5 Å². The molecule has 2 heterocycles. The van der Waals surface area contributed by atoms with Crippen LogP contribution in [0.15, 0.2) is 40.3 Å². The lowest BCUT2D eigenvalue weighted by Crippen LogP contribution is -2.40. The number of carbonyl (C=O) groups excluding carboxylic acids is 1. The molecular formula is C20H26N4O5S. The SMILES string of the molecule is CCOC(=O)N/N=C/c1cc(C)n(-c2cccc(S(=O)(=O)N3CCOCC3)c2)c1C. The highest BCUT2D eigenvalue weighted by Gasteiger charge is 2.26. The largest absolute Gasteiger partial charge is 0.449 e. The molecular weight excluding hydrogens is 408 g/mol. The van der Waals surface area contributed by atoms with Gasteiger partial charge in [-0.25, -0.2) is 18.6 Å². The van der Waals surface area contributed by atoms with Crippen molar-refractivity contribution in [2.45, 2.75) is 25.7 Å². The van der Waals surface area contributed by atoms with E-state index in [1.807, 2.05) is 30.5 Å². The van der Waals surface area contributed by atoms with Crippen LogP contribution in [0.25, 0.3) is 5.69 Å². The Bertz CT molecular complexity index is 1040. The van der Waals surface area contributed by atoms with Gasteiger partial charge in [-0.3, -0.25) is 0 Å². The summed E-state index contributed by atoms with van der Waals surface area (Å²) in [5.74, 6) is 0. The number of nitrogens with one attached hydrogen (secondary N) is 1. The van der Waals surface area contributed by atoms with Crippen molar-refractivity contribution in [1.82, 2.24) is 14.3 Å². The number of aromatic nitrogens is 1. The molecule has 9 nitrogen and oxygen atoms in total. The quantitative estimate of drug-likeness (QED) is 0.555. The number of hydrazone groups is 1. The van der Waals surface area contributed by atoms with Gasteiger partial charge in [0.1, 0.15) is 0 Å². The Kier molecular flexibility index (Phi) is 6.91. The lowest BCUT2D eigenvalue weighted by Gasteiger charge is -2.26. The van der Waals surface area contributed by atoms with Crippen LogP contribution < -0.4 is 5.43 Å². The average Bonchev–Trinajstić information content (AvgIpc) is 3.02. The smallest absolute Gasteiger partial charge is 0.427 e. The fourth-order valence-corrected chi connectivity index (χ4v) is 4.80. The molecule has 1 aliphatic heterocycles. The third-order valence-corrected chi connectivity index (χ3v) is 6.68. The molecule has 0 bridgehead atoms. The number of hydrogen-bond acceptors (Lipinski definition) is 6. The predicted octanol–water partition coefficient (Wildman–Crippen LogP) is 2.20. The Morgan fingerprint density at radius 2 is 2.00 bits per heavy atom. The molecule has 2 aromatic rings. The second-order valence-corrected chi connectivity index (χ2v) is 8.70. The van der Waals surface area contributed by atoms with E-state index in [1.54, 1.807) is 25.1 Å². The molecule has 1 fully saturated rings. The second kappa shape index (κ2) is 9.41. The first-order chi connectivity index (χ1) is 14.3. The maximum absolute atomic E-state index is 13.0. The van der Waals surface area contributed by atoms with E-state index in [0.29, 0.717) is 26.3 Å². The summed E-state index contributed by atoms with van der Waals surface area (Å²) in [4.78, 5) is 11.6. The van der Waals surface area contributed by atoms with Crippen molar-refractivity contribution in [3.63, 3.8) is 0 Å². The molecule has 0 unspecified atom stereocenters. The molecule has 1 aromatic carbocycles. The first-order valence-corrected chi connectivity index (χ1v) is 11.1. The zero-order chi connectivity index (χ0) is 21.7. The van der Waals surface area contributed by atoms with Crippen LogP contribution in [0.2, 0.25) is 0 Å². The molecule has 0 atom stereocenters. The van der Waals surface area contributed by atoms with Crippen molar-refractivity contribution < 1.29 is 22.7 Å². The fourth-order valence-electron chi connectivity index (χ4n) is 3.35. The van der Waals surface area contributed by atoms with E-state index in [9.17, 15) is 13.2 Å². The summed E-state index contributed by atoms with van der Waals surface area (Å²) in [5, 5.41) is 3.91. The number of morpholine rings is 1. The van der Waals surface area contributed by atoms with Gasteiger partial charge in [0.2, 0.25) is 10.0 Å². The highest BCUT2D eigenvalue weighted by atomic mass is 32.2. The molecule has 30 heavy (non-hydrogen) atoms. The standard InChI is InChI=1S/C20H26N4O5S/c1-4-29-20(25)22-21-14-17-12-15(2)24(16(17)3)18-6-5-7-19(13-18)30(26,27)23-8-10-28-11-9-23/h5-7,12-14H,4,8-11H2,1-3H3,(H,22,25)/b21-14+. The van der Waals surface area contributed by atoms with E-state index in [2.05, 4.69) is 10.5 Å². The van der Waals surface area contributed by atoms with Gasteiger partial charge in [-0.05, 0) is 45.0 Å². The number of benzene rings is 1. The molecule has 0 saturated carbocycles. The minimum Gasteiger partial charge on any atom is -0.449 e. The van der Waals surface area contributed by atoms with Crippen molar-refractivity contribution >= 4 is 22.3 Å². The molecule has 0 aliphatic carbocycles. The monoisotopic (exact) mass is 434 g/mol. The molecule has 1 aliphatic rings. The molecule has 10 heteroatoms. The molecule has 0 radical (unpaired) electrons. The predicted molar refractivity (Wildman–Crippen MR) is 113 cm³/mol. The molecule has 1 aromatic heterocycles. The number of ether oxygens (including phenoxy) is 2. The number of nitrogens with zero attached hydrogens (tertiary/aromatic N) is 3. The van der Waals surface area contributed by atoms with Crippen molar-refractivity contribution in [1.29, 1.82) is 0 Å². The van der Waals surface area contributed by atoms with E-state index in [0.717, 1.165) is 22.6 Å². The maximum atomic E-state index is 13.0. The van der Waals surface area contributed by atoms with Gasteiger partial charge in [-0.2, -0.15) is 9.41 Å². The van der Waals surface area contributed by atoms with Crippen LogP contribution in [-0.4, -0.2) is 62.5 Å². The van der Waals surface area contributed by atoms with Gasteiger partial charge in [0.25, 0.3) is 0 Å². The van der Waals surface area contributed by atoms with E-state index < -0.39 is 16.1 Å². The number of sulfonamides is 1. The Morgan fingerprint density at radius 3 is 2.70 bits per heavy atom. The molecule has 1 amide bonds. The second-order valence-electron chi connectivity index (χ2n) is 6.77. The van der Waals surface area contributed by atoms with Crippen LogP contribution in [0, 0.1) is 13.8 Å². The van der Waals surface area contributed by atoms with Gasteiger partial charge in [0.15, 0.2) is 0 Å². The summed E-state index contributed by atoms with van der Waals surface area (Å²) in [7, 11) is -3.59. The van der Waals surface area contributed by atoms with E-state index in [-0.39, 0.29) is 11.5 Å². The minimum atomic E-state index is -3.59. The lowest BCUT2D eigenvalue weighted by atomic mass is 10.2. The van der Waals surface area contributed by atoms with Crippen LogP contribution >= 0.6 is 0 Å². The van der Waals surface area contributed by atoms with Crippen molar-refractivity contribution in [3.05, 3.63) is 47.3 Å². The van der Waals surface area contributed by atoms with E-state index in [4.69, 9.17) is 9.47 Å². The van der Waals surface area contributed by atoms with Gasteiger partial charge in [0, 0.05) is 35.7 Å². The third-order valence-electron chi connectivity index (χ3n) is 4.79. The maximum Gasteiger partial charge on any atom is 0.427 e. The number of aryl methyl sites for hydroxylation is 1. The number of hydrogen-bond donors (Lipinski definition) is 1. The molecule has 3 rings (SSSR count). The van der Waals surface area contributed by atoms with Gasteiger partial charge in [-0.1, -0.05) is 6.07 Å². The van der Waals surface area contributed by atoms with Gasteiger partial charge in [-0.15, -0.1) is 0 Å². The van der Waals surface area contributed by atoms with Crippen LogP contribution in [0.4, 0.5) is 4.79 Å². The third kappa shape index (κ3) is 4.72. The molecule has 0 spiro atoms. The van der Waals surface area contributed by atoms with Crippen molar-refractivity contribution in [2.75, 3.05) is 32.9 Å². The number of rotatable bonds is 6. The van der Waals surface area contributed by atoms with Gasteiger partial charge >= 0.3 is 6.09 Å². The highest BCUT2D eigenvalue weighted by molar-refractivity contribution is 7.89. The van der Waals surface area contributed by atoms with Gasteiger partial charge in [0.05, 0.1) is 30.9 Å². The number of carbonyl (C=O) groups is 1. The summed E-state index contributed by atoms with van der Waals surface area (Å²) in [6.45, 7) is 7.30. The Hall–Kier alpha value is -2.69. The zero-order valence-electron chi connectivity index (χ0n) is 17.3. The minimum absolute atomic E-state index is 0.244. The molecule has 1 N–H and O–H groups in total. The van der Waals surface area contributed by atoms with Crippen molar-refractivity contribution in [3.8, 4) is 5.69 Å². The van der Waals surface area contributed by atoms with Gasteiger partial charge < -0.3 is 14.0 Å². The van der Waals surface area contributed by atoms with E-state index in [1.165, 1.54) is 10.5 Å². The Labute approximate surface area is 176 Å². The normalized spacial score (nSPS) is 15.4. The summed E-state index contributed by atoms with van der Waals surface area (Å²) >= 11 is 0. The Morgan fingerprint density at radius 1 is 1.27 bits per heavy atom. The topological polar surface area (TPSA) is 102 Å². The molecule has 162 valence electrons. The first kappa shape index (κ1) is 22.0. The average molecular weight is 435 g/mol. The van der Waals surface area contributed by atoms with Crippen LogP contribution in [0.3, 0.4) is 0 Å². The summed E-state index contributed by atoms with van der Waals surface area (Å²) in [5.41, 5.74) is 5.60. The zero-order valence-corrected chi connectivity index (χ0v) is 18.1. The first-order valence-electron chi connectivity index (χ1n) is 9.67. The number of amides is 1.